The molecule has 0 saturated heterocycles. The Morgan fingerprint density at radius 2 is 2.36 bits per heavy atom. The van der Waals surface area contributed by atoms with Crippen LogP contribution in [0.1, 0.15) is 26.1 Å². The molecule has 1 aromatic heterocycles. The summed E-state index contributed by atoms with van der Waals surface area (Å²) >= 11 is 0. The normalized spacial score (nSPS) is 11.9. The van der Waals surface area contributed by atoms with Crippen LogP contribution < -0.4 is 5.73 Å². The molecule has 0 aliphatic heterocycles. The van der Waals surface area contributed by atoms with Crippen molar-refractivity contribution in [3.63, 3.8) is 0 Å². The van der Waals surface area contributed by atoms with Crippen LogP contribution in [0, 0.1) is 0 Å². The highest BCUT2D eigenvalue weighted by Crippen LogP contribution is 2.06. The highest BCUT2D eigenvalue weighted by molar-refractivity contribution is 4.89. The third kappa shape index (κ3) is 3.18. The van der Waals surface area contributed by atoms with Crippen molar-refractivity contribution in [3.8, 4) is 0 Å². The molecule has 0 atom stereocenters. The Morgan fingerprint density at radius 1 is 1.64 bits per heavy atom. The maximum absolute atomic E-state index is 5.81. The molecule has 0 aliphatic rings. The number of nitrogens with one attached hydrogen (secondary N) is 1. The van der Waals surface area contributed by atoms with Crippen LogP contribution in [0.2, 0.25) is 0 Å². The average Bonchev–Trinajstić information content (AvgIpc) is 2.32. The van der Waals surface area contributed by atoms with Crippen molar-refractivity contribution in [2.24, 2.45) is 5.73 Å². The van der Waals surface area contributed by atoms with Crippen molar-refractivity contribution in [2.45, 2.75) is 32.2 Å². The summed E-state index contributed by atoms with van der Waals surface area (Å²) in [4.78, 5) is 7.15. The first-order valence-corrected chi connectivity index (χ1v) is 3.85. The molecule has 1 rings (SSSR count). The van der Waals surface area contributed by atoms with Crippen LogP contribution in [0.15, 0.2) is 12.4 Å². The summed E-state index contributed by atoms with van der Waals surface area (Å²) in [5.74, 6) is 1.02. The van der Waals surface area contributed by atoms with Crippen molar-refractivity contribution in [1.82, 2.24) is 9.97 Å². The number of aromatic nitrogens is 2. The number of H-pyrrole nitrogens is 1. The van der Waals surface area contributed by atoms with E-state index < -0.39 is 0 Å². The van der Waals surface area contributed by atoms with E-state index in [-0.39, 0.29) is 5.54 Å². The summed E-state index contributed by atoms with van der Waals surface area (Å²) in [7, 11) is 0. The number of nitrogens with two attached hydrogens (primary N) is 1. The van der Waals surface area contributed by atoms with Gasteiger partial charge in [0.05, 0.1) is 0 Å². The third-order valence-corrected chi connectivity index (χ3v) is 1.56. The maximum Gasteiger partial charge on any atom is 0.106 e. The van der Waals surface area contributed by atoms with Gasteiger partial charge in [-0.05, 0) is 20.3 Å². The predicted molar refractivity (Wildman–Crippen MR) is 45.2 cm³/mol. The lowest BCUT2D eigenvalue weighted by Gasteiger charge is -2.16. The van der Waals surface area contributed by atoms with Gasteiger partial charge in [-0.1, -0.05) is 0 Å². The molecule has 0 aliphatic carbocycles. The zero-order valence-corrected chi connectivity index (χ0v) is 7.09. The van der Waals surface area contributed by atoms with Gasteiger partial charge >= 0.3 is 0 Å². The second-order valence-electron chi connectivity index (χ2n) is 3.52. The molecule has 0 aromatic carbocycles. The Labute approximate surface area is 67.0 Å². The molecule has 0 radical (unpaired) electrons. The molecule has 3 N–H and O–H groups in total. The largest absolute Gasteiger partial charge is 0.349 e. The van der Waals surface area contributed by atoms with Crippen molar-refractivity contribution < 1.29 is 0 Å². The van der Waals surface area contributed by atoms with Gasteiger partial charge in [0.15, 0.2) is 0 Å². The molecule has 1 aromatic rings. The molecule has 11 heavy (non-hydrogen) atoms. The van der Waals surface area contributed by atoms with Crippen LogP contribution in [0.3, 0.4) is 0 Å². The Hall–Kier alpha value is -0.830. The van der Waals surface area contributed by atoms with Crippen molar-refractivity contribution >= 4 is 0 Å². The highest BCUT2D eigenvalue weighted by Gasteiger charge is 2.10. The number of aromatic amines is 1. The second kappa shape index (κ2) is 3.05. The summed E-state index contributed by atoms with van der Waals surface area (Å²) in [5, 5.41) is 0. The molecule has 3 heteroatoms. The molecule has 0 fully saturated rings. The van der Waals surface area contributed by atoms with E-state index in [2.05, 4.69) is 9.97 Å². The minimum atomic E-state index is -0.0905. The summed E-state index contributed by atoms with van der Waals surface area (Å²) in [5.41, 5.74) is 5.72. The summed E-state index contributed by atoms with van der Waals surface area (Å²) in [6, 6.07) is 0. The van der Waals surface area contributed by atoms with Crippen LogP contribution in [-0.2, 0) is 6.42 Å². The zero-order chi connectivity index (χ0) is 8.32. The Morgan fingerprint density at radius 3 is 2.82 bits per heavy atom. The quantitative estimate of drug-likeness (QED) is 0.682. The van der Waals surface area contributed by atoms with E-state index in [0.29, 0.717) is 0 Å². The fraction of sp³-hybridized carbons (Fsp3) is 0.625. The summed E-state index contributed by atoms with van der Waals surface area (Å²) < 4.78 is 0. The van der Waals surface area contributed by atoms with Gasteiger partial charge in [-0.3, -0.25) is 0 Å². The average molecular weight is 153 g/mol. The molecule has 0 amide bonds. The molecule has 3 nitrogen and oxygen atoms in total. The minimum absolute atomic E-state index is 0.0905. The van der Waals surface area contributed by atoms with Gasteiger partial charge in [0.1, 0.15) is 5.82 Å². The number of nitrogens with zero attached hydrogens (tertiary/aromatic N) is 1. The molecule has 0 saturated carbocycles. The molecule has 0 spiro atoms. The Kier molecular flexibility index (Phi) is 2.29. The van der Waals surface area contributed by atoms with E-state index >= 15 is 0 Å². The van der Waals surface area contributed by atoms with Crippen molar-refractivity contribution in [3.05, 3.63) is 18.2 Å². The van der Waals surface area contributed by atoms with E-state index in [1.807, 2.05) is 20.0 Å². The summed E-state index contributed by atoms with van der Waals surface area (Å²) in [6.45, 7) is 4.05. The van der Waals surface area contributed by atoms with Crippen LogP contribution in [0.4, 0.5) is 0 Å². The number of hydrogen-bond donors (Lipinski definition) is 2. The standard InChI is InChI=1S/C8H15N3/c1-8(2,9)4-3-7-10-5-6-11-7/h5-6H,3-4,9H2,1-2H3,(H,10,11). The van der Waals surface area contributed by atoms with Crippen LogP contribution in [0.25, 0.3) is 0 Å². The molecule has 1 heterocycles. The Bertz CT molecular complexity index is 196. The van der Waals surface area contributed by atoms with Gasteiger partial charge in [-0.2, -0.15) is 0 Å². The second-order valence-corrected chi connectivity index (χ2v) is 3.52. The smallest absolute Gasteiger partial charge is 0.106 e. The lowest BCUT2D eigenvalue weighted by Crippen LogP contribution is -2.32. The Balaban J connectivity index is 2.35. The molecule has 62 valence electrons. The molecule has 0 bridgehead atoms. The molecular weight excluding hydrogens is 138 g/mol. The van der Waals surface area contributed by atoms with Crippen LogP contribution in [-0.4, -0.2) is 15.5 Å². The van der Waals surface area contributed by atoms with Gasteiger partial charge in [-0.25, -0.2) is 4.98 Å². The lowest BCUT2D eigenvalue weighted by atomic mass is 10.0. The first-order chi connectivity index (χ1) is 5.08. The zero-order valence-electron chi connectivity index (χ0n) is 7.09. The molecule has 0 unspecified atom stereocenters. The van der Waals surface area contributed by atoms with E-state index in [9.17, 15) is 0 Å². The topological polar surface area (TPSA) is 54.7 Å². The first-order valence-electron chi connectivity index (χ1n) is 3.85. The fourth-order valence-corrected chi connectivity index (χ4v) is 0.875. The van der Waals surface area contributed by atoms with Gasteiger partial charge in [0.25, 0.3) is 0 Å². The SMILES string of the molecule is CC(C)(N)CCc1ncc[nH]1. The van der Waals surface area contributed by atoms with Crippen molar-refractivity contribution in [2.75, 3.05) is 0 Å². The first kappa shape index (κ1) is 8.27. The van der Waals surface area contributed by atoms with Crippen LogP contribution in [0.5, 0.6) is 0 Å². The highest BCUT2D eigenvalue weighted by atomic mass is 14.9. The number of hydrogen-bond acceptors (Lipinski definition) is 2. The van der Waals surface area contributed by atoms with Gasteiger partial charge in [0, 0.05) is 24.4 Å². The molecular formula is C8H15N3. The van der Waals surface area contributed by atoms with E-state index in [0.717, 1.165) is 18.7 Å². The van der Waals surface area contributed by atoms with Gasteiger partial charge in [0.2, 0.25) is 0 Å². The van der Waals surface area contributed by atoms with Crippen LogP contribution >= 0.6 is 0 Å². The summed E-state index contributed by atoms with van der Waals surface area (Å²) in [6.07, 6.45) is 5.48. The number of imidazole rings is 1. The predicted octanol–water partition coefficient (Wildman–Crippen LogP) is 1.08. The third-order valence-electron chi connectivity index (χ3n) is 1.56. The number of aryl methyl sites for hydroxylation is 1. The maximum atomic E-state index is 5.81. The van der Waals surface area contributed by atoms with E-state index in [1.165, 1.54) is 0 Å². The van der Waals surface area contributed by atoms with Crippen molar-refractivity contribution in [1.29, 1.82) is 0 Å². The monoisotopic (exact) mass is 153 g/mol. The van der Waals surface area contributed by atoms with E-state index in [1.54, 1.807) is 6.20 Å². The van der Waals surface area contributed by atoms with Gasteiger partial charge in [-0.15, -0.1) is 0 Å². The number of rotatable bonds is 3. The van der Waals surface area contributed by atoms with E-state index in [4.69, 9.17) is 5.73 Å². The minimum Gasteiger partial charge on any atom is -0.349 e. The fourth-order valence-electron chi connectivity index (χ4n) is 0.875. The van der Waals surface area contributed by atoms with Gasteiger partial charge < -0.3 is 10.7 Å². The lowest BCUT2D eigenvalue weighted by molar-refractivity contribution is 0.472.